The van der Waals surface area contributed by atoms with Gasteiger partial charge in [0.1, 0.15) is 5.75 Å². The molecule has 0 radical (unpaired) electrons. The third kappa shape index (κ3) is 2.92. The van der Waals surface area contributed by atoms with Gasteiger partial charge in [-0.15, -0.1) is 0 Å². The van der Waals surface area contributed by atoms with Gasteiger partial charge in [-0.3, -0.25) is 0 Å². The molecule has 0 bridgehead atoms. The van der Waals surface area contributed by atoms with Gasteiger partial charge in [-0.2, -0.15) is 0 Å². The SMILES string of the molecule is COc1ccccc1N1CCN(C(=O)N(C)C)CC1. The van der Waals surface area contributed by atoms with Crippen LogP contribution in [0.3, 0.4) is 0 Å². The van der Waals surface area contributed by atoms with Crippen molar-refractivity contribution in [2.45, 2.75) is 0 Å². The van der Waals surface area contributed by atoms with E-state index < -0.39 is 0 Å². The fourth-order valence-electron chi connectivity index (χ4n) is 2.31. The lowest BCUT2D eigenvalue weighted by Gasteiger charge is -2.37. The third-order valence-electron chi connectivity index (χ3n) is 3.36. The van der Waals surface area contributed by atoms with Crippen molar-refractivity contribution in [2.75, 3.05) is 52.3 Å². The largest absolute Gasteiger partial charge is 0.495 e. The van der Waals surface area contributed by atoms with Crippen molar-refractivity contribution < 1.29 is 9.53 Å². The van der Waals surface area contributed by atoms with Gasteiger partial charge in [0, 0.05) is 40.3 Å². The number of hydrogen-bond acceptors (Lipinski definition) is 3. The molecule has 5 heteroatoms. The van der Waals surface area contributed by atoms with Crippen LogP contribution in [0, 0.1) is 0 Å². The summed E-state index contributed by atoms with van der Waals surface area (Å²) in [6.45, 7) is 3.16. The first-order valence-electron chi connectivity index (χ1n) is 6.47. The van der Waals surface area contributed by atoms with E-state index in [0.29, 0.717) is 0 Å². The molecule has 0 spiro atoms. The van der Waals surface area contributed by atoms with E-state index in [1.807, 2.05) is 23.1 Å². The number of carbonyl (C=O) groups excluding carboxylic acids is 1. The highest BCUT2D eigenvalue weighted by molar-refractivity contribution is 5.74. The standard InChI is InChI=1S/C14H21N3O2/c1-15(2)14(18)17-10-8-16(9-11-17)12-6-4-5-7-13(12)19-3/h4-7H,8-11H2,1-3H3. The van der Waals surface area contributed by atoms with Gasteiger partial charge in [0.15, 0.2) is 0 Å². The Labute approximate surface area is 114 Å². The molecule has 1 saturated heterocycles. The van der Waals surface area contributed by atoms with E-state index >= 15 is 0 Å². The van der Waals surface area contributed by atoms with Crippen molar-refractivity contribution in [2.24, 2.45) is 0 Å². The molecule has 0 atom stereocenters. The van der Waals surface area contributed by atoms with Crippen LogP contribution >= 0.6 is 0 Å². The number of benzene rings is 1. The fraction of sp³-hybridized carbons (Fsp3) is 0.500. The zero-order valence-electron chi connectivity index (χ0n) is 11.8. The zero-order chi connectivity index (χ0) is 13.8. The number of methoxy groups -OCH3 is 1. The second-order valence-corrected chi connectivity index (χ2v) is 4.82. The van der Waals surface area contributed by atoms with E-state index in [1.165, 1.54) is 0 Å². The summed E-state index contributed by atoms with van der Waals surface area (Å²) in [5, 5.41) is 0. The summed E-state index contributed by atoms with van der Waals surface area (Å²) in [6.07, 6.45) is 0. The predicted molar refractivity (Wildman–Crippen MR) is 75.9 cm³/mol. The van der Waals surface area contributed by atoms with Crippen LogP contribution in [0.1, 0.15) is 0 Å². The van der Waals surface area contributed by atoms with Gasteiger partial charge in [0.2, 0.25) is 0 Å². The van der Waals surface area contributed by atoms with Crippen LogP contribution in [0.25, 0.3) is 0 Å². The lowest BCUT2D eigenvalue weighted by molar-refractivity contribution is 0.168. The molecular weight excluding hydrogens is 242 g/mol. The number of para-hydroxylation sites is 2. The van der Waals surface area contributed by atoms with E-state index in [9.17, 15) is 4.79 Å². The molecule has 1 aromatic carbocycles. The highest BCUT2D eigenvalue weighted by atomic mass is 16.5. The minimum Gasteiger partial charge on any atom is -0.495 e. The maximum Gasteiger partial charge on any atom is 0.319 e. The molecular formula is C14H21N3O2. The minimum atomic E-state index is 0.0830. The highest BCUT2D eigenvalue weighted by Gasteiger charge is 2.23. The van der Waals surface area contributed by atoms with Crippen LogP contribution in [-0.2, 0) is 0 Å². The van der Waals surface area contributed by atoms with Gasteiger partial charge in [0.05, 0.1) is 12.8 Å². The average molecular weight is 263 g/mol. The van der Waals surface area contributed by atoms with Crippen LogP contribution in [0.15, 0.2) is 24.3 Å². The Morgan fingerprint density at radius 3 is 2.37 bits per heavy atom. The Balaban J connectivity index is 2.02. The number of hydrogen-bond donors (Lipinski definition) is 0. The molecule has 1 aliphatic heterocycles. The number of carbonyl (C=O) groups is 1. The number of urea groups is 1. The molecule has 1 fully saturated rings. The van der Waals surface area contributed by atoms with E-state index in [0.717, 1.165) is 37.6 Å². The minimum absolute atomic E-state index is 0.0830. The first kappa shape index (κ1) is 13.5. The van der Waals surface area contributed by atoms with Crippen molar-refractivity contribution >= 4 is 11.7 Å². The zero-order valence-corrected chi connectivity index (χ0v) is 11.8. The van der Waals surface area contributed by atoms with Crippen molar-refractivity contribution in [3.05, 3.63) is 24.3 Å². The van der Waals surface area contributed by atoms with Gasteiger partial charge >= 0.3 is 6.03 Å². The molecule has 0 aliphatic carbocycles. The summed E-state index contributed by atoms with van der Waals surface area (Å²) < 4.78 is 5.38. The molecule has 5 nitrogen and oxygen atoms in total. The Morgan fingerprint density at radius 1 is 1.16 bits per heavy atom. The smallest absolute Gasteiger partial charge is 0.319 e. The molecule has 0 saturated carbocycles. The first-order valence-corrected chi connectivity index (χ1v) is 6.47. The number of anilines is 1. The number of rotatable bonds is 2. The summed E-state index contributed by atoms with van der Waals surface area (Å²) in [7, 11) is 5.26. The summed E-state index contributed by atoms with van der Waals surface area (Å²) in [4.78, 5) is 17.6. The maximum atomic E-state index is 11.9. The van der Waals surface area contributed by atoms with Crippen molar-refractivity contribution in [3.8, 4) is 5.75 Å². The molecule has 2 rings (SSSR count). The summed E-state index contributed by atoms with van der Waals surface area (Å²) in [5.41, 5.74) is 1.10. The quantitative estimate of drug-likeness (QED) is 0.811. The highest BCUT2D eigenvalue weighted by Crippen LogP contribution is 2.28. The van der Waals surface area contributed by atoms with Crippen molar-refractivity contribution in [1.82, 2.24) is 9.80 Å². The molecule has 1 heterocycles. The lowest BCUT2D eigenvalue weighted by Crippen LogP contribution is -2.51. The number of nitrogens with zero attached hydrogens (tertiary/aromatic N) is 3. The fourth-order valence-corrected chi connectivity index (χ4v) is 2.31. The molecule has 0 unspecified atom stereocenters. The van der Waals surface area contributed by atoms with Gasteiger partial charge < -0.3 is 19.4 Å². The maximum absolute atomic E-state index is 11.9. The van der Waals surface area contributed by atoms with Crippen LogP contribution in [0.5, 0.6) is 5.75 Å². The molecule has 19 heavy (non-hydrogen) atoms. The van der Waals surface area contributed by atoms with Gasteiger partial charge in [0.25, 0.3) is 0 Å². The van der Waals surface area contributed by atoms with E-state index in [1.54, 1.807) is 26.1 Å². The molecule has 2 amide bonds. The lowest BCUT2D eigenvalue weighted by atomic mass is 10.2. The molecule has 1 aromatic rings. The van der Waals surface area contributed by atoms with Crippen LogP contribution in [0.2, 0.25) is 0 Å². The van der Waals surface area contributed by atoms with Crippen molar-refractivity contribution in [3.63, 3.8) is 0 Å². The second-order valence-electron chi connectivity index (χ2n) is 4.82. The monoisotopic (exact) mass is 263 g/mol. The number of piperazine rings is 1. The van der Waals surface area contributed by atoms with E-state index in [-0.39, 0.29) is 6.03 Å². The average Bonchev–Trinajstić information content (AvgIpc) is 2.46. The molecule has 0 N–H and O–H groups in total. The van der Waals surface area contributed by atoms with Crippen molar-refractivity contribution in [1.29, 1.82) is 0 Å². The summed E-state index contributed by atoms with van der Waals surface area (Å²) in [5.74, 6) is 0.884. The third-order valence-corrected chi connectivity index (χ3v) is 3.36. The topological polar surface area (TPSA) is 36.0 Å². The number of ether oxygens (including phenoxy) is 1. The van der Waals surface area contributed by atoms with Crippen LogP contribution in [-0.4, -0.2) is 63.2 Å². The summed E-state index contributed by atoms with van der Waals surface area (Å²) >= 11 is 0. The Morgan fingerprint density at radius 2 is 1.79 bits per heavy atom. The van der Waals surface area contributed by atoms with Gasteiger partial charge in [-0.25, -0.2) is 4.79 Å². The van der Waals surface area contributed by atoms with E-state index in [4.69, 9.17) is 4.74 Å². The van der Waals surface area contributed by atoms with Crippen LogP contribution < -0.4 is 9.64 Å². The second kappa shape index (κ2) is 5.82. The molecule has 0 aromatic heterocycles. The predicted octanol–water partition coefficient (Wildman–Crippen LogP) is 1.50. The van der Waals surface area contributed by atoms with Crippen LogP contribution in [0.4, 0.5) is 10.5 Å². The Kier molecular flexibility index (Phi) is 4.14. The van der Waals surface area contributed by atoms with Gasteiger partial charge in [-0.05, 0) is 12.1 Å². The molecule has 104 valence electrons. The van der Waals surface area contributed by atoms with E-state index in [2.05, 4.69) is 11.0 Å². The Bertz CT molecular complexity index is 440. The Hall–Kier alpha value is -1.91. The number of amides is 2. The summed E-state index contributed by atoms with van der Waals surface area (Å²) in [6, 6.07) is 8.08. The normalized spacial score (nSPS) is 15.3. The van der Waals surface area contributed by atoms with Gasteiger partial charge in [-0.1, -0.05) is 12.1 Å². The first-order chi connectivity index (χ1) is 9.13. The molecule has 1 aliphatic rings.